The predicted octanol–water partition coefficient (Wildman–Crippen LogP) is 6.04. The maximum Gasteiger partial charge on any atom is 0.269 e. The molecule has 4 aromatic carbocycles. The van der Waals surface area contributed by atoms with Gasteiger partial charge in [-0.1, -0.05) is 103 Å². The number of rotatable bonds is 8. The molecule has 0 bridgehead atoms. The highest BCUT2D eigenvalue weighted by Gasteiger charge is 2.29. The van der Waals surface area contributed by atoms with E-state index in [4.69, 9.17) is 0 Å². The maximum atomic E-state index is 13.3. The third-order valence-electron chi connectivity index (χ3n) is 5.32. The van der Waals surface area contributed by atoms with Crippen molar-refractivity contribution in [3.63, 3.8) is 0 Å². The van der Waals surface area contributed by atoms with Gasteiger partial charge in [0.25, 0.3) is 5.69 Å². The SMILES string of the molecule is O=C(C[C@@H](c1cccc([N+](=O)[O-])c1)P(c1ccccc1)c1ccccc1)c1ccccc1. The van der Waals surface area contributed by atoms with Crippen molar-refractivity contribution in [1.82, 2.24) is 0 Å². The van der Waals surface area contributed by atoms with Gasteiger partial charge in [-0.05, 0) is 24.1 Å². The van der Waals surface area contributed by atoms with Crippen LogP contribution in [0.4, 0.5) is 5.69 Å². The lowest BCUT2D eigenvalue weighted by molar-refractivity contribution is -0.384. The number of carbonyl (C=O) groups excluding carboxylic acids is 1. The van der Waals surface area contributed by atoms with E-state index in [-0.39, 0.29) is 28.5 Å². The van der Waals surface area contributed by atoms with E-state index in [0.29, 0.717) is 5.56 Å². The quantitative estimate of drug-likeness (QED) is 0.146. The Balaban J connectivity index is 1.85. The fourth-order valence-electron chi connectivity index (χ4n) is 3.81. The lowest BCUT2D eigenvalue weighted by Crippen LogP contribution is -2.19. The molecule has 0 N–H and O–H groups in total. The molecule has 5 heteroatoms. The van der Waals surface area contributed by atoms with Crippen LogP contribution >= 0.6 is 7.92 Å². The van der Waals surface area contributed by atoms with Crippen LogP contribution in [0.15, 0.2) is 115 Å². The fraction of sp³-hybridized carbons (Fsp3) is 0.0741. The Morgan fingerprint density at radius 1 is 0.750 bits per heavy atom. The van der Waals surface area contributed by atoms with Gasteiger partial charge >= 0.3 is 0 Å². The molecule has 4 aromatic rings. The Kier molecular flexibility index (Phi) is 6.84. The molecule has 1 atom stereocenters. The molecule has 0 unspecified atom stereocenters. The molecule has 4 rings (SSSR count). The summed E-state index contributed by atoms with van der Waals surface area (Å²) < 4.78 is 0. The molecule has 0 spiro atoms. The normalized spacial score (nSPS) is 11.8. The number of carbonyl (C=O) groups is 1. The summed E-state index contributed by atoms with van der Waals surface area (Å²) in [6.45, 7) is 0. The molecule has 4 nitrogen and oxygen atoms in total. The monoisotopic (exact) mass is 439 g/mol. The highest BCUT2D eigenvalue weighted by atomic mass is 31.1. The van der Waals surface area contributed by atoms with E-state index >= 15 is 0 Å². The second kappa shape index (κ2) is 10.1. The molecule has 0 saturated carbocycles. The predicted molar refractivity (Wildman–Crippen MR) is 130 cm³/mol. The van der Waals surface area contributed by atoms with Crippen molar-refractivity contribution in [2.75, 3.05) is 0 Å². The number of nitrogens with zero attached hydrogens (tertiary/aromatic N) is 1. The van der Waals surface area contributed by atoms with Crippen molar-refractivity contribution >= 4 is 30.0 Å². The molecule has 0 heterocycles. The van der Waals surface area contributed by atoms with Gasteiger partial charge in [0.2, 0.25) is 0 Å². The Labute approximate surface area is 188 Å². The first-order valence-corrected chi connectivity index (χ1v) is 11.8. The molecule has 0 aliphatic rings. The molecule has 0 fully saturated rings. The molecule has 158 valence electrons. The summed E-state index contributed by atoms with van der Waals surface area (Å²) in [5.74, 6) is 0.0291. The van der Waals surface area contributed by atoms with Crippen LogP contribution in [0.5, 0.6) is 0 Å². The molecular weight excluding hydrogens is 417 g/mol. The smallest absolute Gasteiger partial charge is 0.269 e. The second-order valence-electron chi connectivity index (χ2n) is 7.40. The summed E-state index contributed by atoms with van der Waals surface area (Å²) in [5, 5.41) is 13.7. The van der Waals surface area contributed by atoms with E-state index in [1.807, 2.05) is 72.8 Å². The minimum Gasteiger partial charge on any atom is -0.294 e. The van der Waals surface area contributed by atoms with E-state index in [1.54, 1.807) is 12.1 Å². The number of benzene rings is 4. The number of ketones is 1. The summed E-state index contributed by atoms with van der Waals surface area (Å²) in [6.07, 6.45) is 0.265. The van der Waals surface area contributed by atoms with Crippen LogP contribution in [-0.4, -0.2) is 10.7 Å². The van der Waals surface area contributed by atoms with Gasteiger partial charge in [0.05, 0.1) is 4.92 Å². The number of nitro benzene ring substituents is 1. The summed E-state index contributed by atoms with van der Waals surface area (Å²) >= 11 is 0. The zero-order valence-electron chi connectivity index (χ0n) is 17.4. The first-order valence-electron chi connectivity index (χ1n) is 10.4. The number of Topliss-reactive ketones (excluding diaryl/α,β-unsaturated/α-hetero) is 1. The van der Waals surface area contributed by atoms with Crippen molar-refractivity contribution in [3.05, 3.63) is 137 Å². The van der Waals surface area contributed by atoms with Crippen molar-refractivity contribution < 1.29 is 9.72 Å². The number of hydrogen-bond donors (Lipinski definition) is 0. The lowest BCUT2D eigenvalue weighted by Gasteiger charge is -2.29. The van der Waals surface area contributed by atoms with Gasteiger partial charge < -0.3 is 0 Å². The third-order valence-corrected chi connectivity index (χ3v) is 8.13. The first kappa shape index (κ1) is 21.6. The largest absolute Gasteiger partial charge is 0.294 e. The zero-order valence-corrected chi connectivity index (χ0v) is 18.3. The number of hydrogen-bond acceptors (Lipinski definition) is 3. The summed E-state index contributed by atoms with van der Waals surface area (Å²) in [7, 11) is -0.989. The van der Waals surface area contributed by atoms with E-state index in [9.17, 15) is 14.9 Å². The van der Waals surface area contributed by atoms with Crippen LogP contribution in [-0.2, 0) is 0 Å². The molecular formula is C27H22NO3P. The minimum atomic E-state index is -0.989. The topological polar surface area (TPSA) is 60.2 Å². The summed E-state index contributed by atoms with van der Waals surface area (Å²) in [6, 6.07) is 36.2. The van der Waals surface area contributed by atoms with Crippen LogP contribution in [0.1, 0.15) is 28.0 Å². The van der Waals surface area contributed by atoms with Crippen molar-refractivity contribution in [2.45, 2.75) is 12.1 Å². The van der Waals surface area contributed by atoms with Crippen molar-refractivity contribution in [1.29, 1.82) is 0 Å². The Morgan fingerprint density at radius 2 is 1.28 bits per heavy atom. The van der Waals surface area contributed by atoms with E-state index in [2.05, 4.69) is 24.3 Å². The summed E-state index contributed by atoms with van der Waals surface area (Å²) in [4.78, 5) is 24.4. The van der Waals surface area contributed by atoms with Gasteiger partial charge in [-0.15, -0.1) is 0 Å². The zero-order chi connectivity index (χ0) is 22.3. The van der Waals surface area contributed by atoms with Crippen molar-refractivity contribution in [2.24, 2.45) is 0 Å². The molecule has 0 saturated heterocycles. The van der Waals surface area contributed by atoms with E-state index < -0.39 is 7.92 Å². The molecule has 0 aliphatic carbocycles. The standard InChI is InChI=1S/C27H22NO3P/c29-26(21-11-4-1-5-12-21)20-27(22-13-10-14-23(19-22)28(30)31)32(24-15-6-2-7-16-24)25-17-8-3-9-18-25/h1-19,27H,20H2/t27-/m0/s1. The van der Waals surface area contributed by atoms with Gasteiger partial charge in [-0.25, -0.2) is 0 Å². The van der Waals surface area contributed by atoms with Crippen LogP contribution < -0.4 is 10.6 Å². The molecule has 0 amide bonds. The number of nitro groups is 1. The second-order valence-corrected chi connectivity index (χ2v) is 9.80. The Bertz CT molecular complexity index is 1160. The van der Waals surface area contributed by atoms with Gasteiger partial charge in [-0.2, -0.15) is 0 Å². The molecule has 0 aliphatic heterocycles. The fourth-order valence-corrected chi connectivity index (χ4v) is 6.62. The average molecular weight is 439 g/mol. The number of non-ortho nitro benzene ring substituents is 1. The van der Waals surface area contributed by atoms with Gasteiger partial charge in [-0.3, -0.25) is 14.9 Å². The maximum absolute atomic E-state index is 13.3. The minimum absolute atomic E-state index is 0.0291. The van der Waals surface area contributed by atoms with Gasteiger partial charge in [0.15, 0.2) is 5.78 Å². The van der Waals surface area contributed by atoms with Crippen molar-refractivity contribution in [3.8, 4) is 0 Å². The molecule has 0 radical (unpaired) electrons. The third kappa shape index (κ3) is 4.99. The first-order chi connectivity index (χ1) is 15.6. The Morgan fingerprint density at radius 3 is 1.81 bits per heavy atom. The van der Waals surface area contributed by atoms with Gasteiger partial charge in [0.1, 0.15) is 0 Å². The molecule has 32 heavy (non-hydrogen) atoms. The van der Waals surface area contributed by atoms with Gasteiger partial charge in [0, 0.05) is 29.8 Å². The highest BCUT2D eigenvalue weighted by Crippen LogP contribution is 2.52. The van der Waals surface area contributed by atoms with Crippen LogP contribution in [0, 0.1) is 10.1 Å². The van der Waals surface area contributed by atoms with E-state index in [0.717, 1.165) is 16.2 Å². The summed E-state index contributed by atoms with van der Waals surface area (Å²) in [5.41, 5.74) is 1.29. The lowest BCUT2D eigenvalue weighted by atomic mass is 10.0. The van der Waals surface area contributed by atoms with Crippen LogP contribution in [0.2, 0.25) is 0 Å². The molecule has 0 aromatic heterocycles. The average Bonchev–Trinajstić information content (AvgIpc) is 2.85. The van der Waals surface area contributed by atoms with E-state index in [1.165, 1.54) is 6.07 Å². The van der Waals surface area contributed by atoms with Crippen LogP contribution in [0.25, 0.3) is 0 Å². The highest BCUT2D eigenvalue weighted by molar-refractivity contribution is 7.73. The van der Waals surface area contributed by atoms with Crippen LogP contribution in [0.3, 0.4) is 0 Å². The Hall–Kier alpha value is -3.62.